The molecule has 0 aliphatic carbocycles. The molecule has 0 aromatic carbocycles. The molecular formula is C22H32N6OS. The van der Waals surface area contributed by atoms with Gasteiger partial charge in [-0.3, -0.25) is 9.79 Å². The van der Waals surface area contributed by atoms with Gasteiger partial charge in [0.1, 0.15) is 5.82 Å². The lowest BCUT2D eigenvalue weighted by Gasteiger charge is -2.35. The van der Waals surface area contributed by atoms with Crippen molar-refractivity contribution in [2.45, 2.75) is 19.8 Å². The number of piperazine rings is 1. The molecule has 0 radical (unpaired) electrons. The van der Waals surface area contributed by atoms with Crippen molar-refractivity contribution < 1.29 is 4.79 Å². The Morgan fingerprint density at radius 2 is 2.07 bits per heavy atom. The van der Waals surface area contributed by atoms with Crippen molar-refractivity contribution >= 4 is 29.0 Å². The number of aliphatic imine (C=N–C) groups is 1. The molecule has 2 aromatic rings. The van der Waals surface area contributed by atoms with E-state index in [1.807, 2.05) is 36.3 Å². The summed E-state index contributed by atoms with van der Waals surface area (Å²) in [5.74, 6) is 2.02. The number of anilines is 1. The first-order valence-corrected chi connectivity index (χ1v) is 11.5. The zero-order valence-electron chi connectivity index (χ0n) is 18.0. The molecule has 0 bridgehead atoms. The zero-order valence-corrected chi connectivity index (χ0v) is 18.8. The summed E-state index contributed by atoms with van der Waals surface area (Å²) in [6.07, 6.45) is 3.25. The molecule has 1 aliphatic rings. The lowest BCUT2D eigenvalue weighted by molar-refractivity contribution is -0.131. The van der Waals surface area contributed by atoms with E-state index in [-0.39, 0.29) is 5.91 Å². The van der Waals surface area contributed by atoms with Gasteiger partial charge in [-0.05, 0) is 36.9 Å². The maximum absolute atomic E-state index is 12.6. The van der Waals surface area contributed by atoms with Gasteiger partial charge in [-0.15, -0.1) is 11.3 Å². The van der Waals surface area contributed by atoms with Gasteiger partial charge in [0, 0.05) is 63.8 Å². The predicted octanol–water partition coefficient (Wildman–Crippen LogP) is 2.32. The van der Waals surface area contributed by atoms with Gasteiger partial charge in [-0.25, -0.2) is 4.98 Å². The van der Waals surface area contributed by atoms with Crippen LogP contribution in [0.5, 0.6) is 0 Å². The van der Waals surface area contributed by atoms with Crippen LogP contribution in [-0.2, 0) is 11.2 Å². The number of aromatic nitrogens is 1. The summed E-state index contributed by atoms with van der Waals surface area (Å²) in [5, 5.41) is 5.44. The predicted molar refractivity (Wildman–Crippen MR) is 124 cm³/mol. The second-order valence-corrected chi connectivity index (χ2v) is 8.32. The Morgan fingerprint density at radius 1 is 1.23 bits per heavy atom. The lowest BCUT2D eigenvalue weighted by Crippen LogP contribution is -2.49. The summed E-state index contributed by atoms with van der Waals surface area (Å²) in [6, 6.07) is 10.2. The molecule has 1 saturated heterocycles. The fraction of sp³-hybridized carbons (Fsp3) is 0.500. The molecule has 0 unspecified atom stereocenters. The van der Waals surface area contributed by atoms with E-state index in [2.05, 4.69) is 49.5 Å². The second kappa shape index (κ2) is 11.5. The fourth-order valence-corrected chi connectivity index (χ4v) is 4.15. The van der Waals surface area contributed by atoms with Gasteiger partial charge in [0.2, 0.25) is 5.91 Å². The number of amides is 1. The Balaban J connectivity index is 1.43. The van der Waals surface area contributed by atoms with Gasteiger partial charge in [0.05, 0.1) is 6.54 Å². The van der Waals surface area contributed by atoms with Crippen molar-refractivity contribution in [3.05, 3.63) is 46.8 Å². The van der Waals surface area contributed by atoms with E-state index in [0.717, 1.165) is 57.5 Å². The third kappa shape index (κ3) is 6.45. The summed E-state index contributed by atoms with van der Waals surface area (Å²) < 4.78 is 0. The molecule has 8 heteroatoms. The highest BCUT2D eigenvalue weighted by molar-refractivity contribution is 7.09. The second-order valence-electron chi connectivity index (χ2n) is 7.29. The first kappa shape index (κ1) is 22.1. The summed E-state index contributed by atoms with van der Waals surface area (Å²) in [5.41, 5.74) is 0. The average Bonchev–Trinajstić information content (AvgIpc) is 3.31. The average molecular weight is 429 g/mol. The van der Waals surface area contributed by atoms with E-state index in [0.29, 0.717) is 13.0 Å². The molecule has 3 heterocycles. The van der Waals surface area contributed by atoms with Crippen LogP contribution in [0.25, 0.3) is 0 Å². The molecule has 0 saturated carbocycles. The van der Waals surface area contributed by atoms with Crippen LogP contribution in [-0.4, -0.2) is 79.5 Å². The van der Waals surface area contributed by atoms with Gasteiger partial charge in [0.15, 0.2) is 5.96 Å². The zero-order chi connectivity index (χ0) is 21.2. The minimum absolute atomic E-state index is 0.177. The number of hydrogen-bond donors (Lipinski definition) is 1. The van der Waals surface area contributed by atoms with E-state index in [1.165, 1.54) is 4.88 Å². The van der Waals surface area contributed by atoms with E-state index in [4.69, 9.17) is 0 Å². The van der Waals surface area contributed by atoms with Crippen molar-refractivity contribution in [3.8, 4) is 0 Å². The topological polar surface area (TPSA) is 64.1 Å². The number of nitrogens with one attached hydrogen (secondary N) is 1. The number of hydrogen-bond acceptors (Lipinski definition) is 5. The smallest absolute Gasteiger partial charge is 0.224 e. The molecule has 1 fully saturated rings. The first-order valence-electron chi connectivity index (χ1n) is 10.6. The third-order valence-corrected chi connectivity index (χ3v) is 6.10. The Morgan fingerprint density at radius 3 is 2.73 bits per heavy atom. The molecule has 3 rings (SSSR count). The van der Waals surface area contributed by atoms with Crippen LogP contribution < -0.4 is 10.2 Å². The number of likely N-dealkylation sites (N-methyl/N-ethyl adjacent to an activating group) is 1. The summed E-state index contributed by atoms with van der Waals surface area (Å²) >= 11 is 1.78. The van der Waals surface area contributed by atoms with Crippen molar-refractivity contribution in [1.29, 1.82) is 0 Å². The van der Waals surface area contributed by atoms with Gasteiger partial charge >= 0.3 is 0 Å². The maximum Gasteiger partial charge on any atom is 0.224 e. The summed E-state index contributed by atoms with van der Waals surface area (Å²) in [7, 11) is 2.05. The molecule has 7 nitrogen and oxygen atoms in total. The number of guanidine groups is 1. The van der Waals surface area contributed by atoms with Crippen LogP contribution in [0, 0.1) is 0 Å². The number of rotatable bonds is 8. The van der Waals surface area contributed by atoms with E-state index < -0.39 is 0 Å². The largest absolute Gasteiger partial charge is 0.357 e. The van der Waals surface area contributed by atoms with Gasteiger partial charge in [0.25, 0.3) is 0 Å². The van der Waals surface area contributed by atoms with Crippen molar-refractivity contribution in [1.82, 2.24) is 20.1 Å². The van der Waals surface area contributed by atoms with Crippen LogP contribution >= 0.6 is 11.3 Å². The number of carbonyl (C=O) groups excluding carboxylic acids is 1. The van der Waals surface area contributed by atoms with E-state index in [9.17, 15) is 4.79 Å². The molecule has 30 heavy (non-hydrogen) atoms. The normalized spacial score (nSPS) is 14.7. The van der Waals surface area contributed by atoms with Gasteiger partial charge in [-0.1, -0.05) is 12.1 Å². The number of carbonyl (C=O) groups is 1. The number of pyridine rings is 1. The highest BCUT2D eigenvalue weighted by Crippen LogP contribution is 2.13. The van der Waals surface area contributed by atoms with E-state index >= 15 is 0 Å². The van der Waals surface area contributed by atoms with Gasteiger partial charge < -0.3 is 20.0 Å². The van der Waals surface area contributed by atoms with Gasteiger partial charge in [-0.2, -0.15) is 0 Å². The van der Waals surface area contributed by atoms with Crippen LogP contribution in [0.2, 0.25) is 0 Å². The Kier molecular flexibility index (Phi) is 8.50. The molecule has 1 N–H and O–H groups in total. The van der Waals surface area contributed by atoms with Crippen molar-refractivity contribution in [2.24, 2.45) is 4.99 Å². The minimum atomic E-state index is 0.177. The quantitative estimate of drug-likeness (QED) is 0.516. The standard InChI is InChI=1S/C22H32N6OS/c1-3-23-22(26(2)13-10-19-7-6-18-30-19)25-12-9-21(29)28-16-14-27(15-17-28)20-8-4-5-11-24-20/h4-8,11,18H,3,9-10,12-17H2,1-2H3,(H,23,25). The number of thiophene rings is 1. The SMILES string of the molecule is CCNC(=NCCC(=O)N1CCN(c2ccccn2)CC1)N(C)CCc1cccs1. The number of nitrogens with zero attached hydrogens (tertiary/aromatic N) is 5. The van der Waals surface area contributed by atoms with Crippen LogP contribution in [0.4, 0.5) is 5.82 Å². The first-order chi connectivity index (χ1) is 14.7. The lowest BCUT2D eigenvalue weighted by atomic mass is 10.2. The molecule has 1 aliphatic heterocycles. The molecular weight excluding hydrogens is 396 g/mol. The van der Waals surface area contributed by atoms with Crippen molar-refractivity contribution in [2.75, 3.05) is 57.8 Å². The highest BCUT2D eigenvalue weighted by Gasteiger charge is 2.21. The third-order valence-electron chi connectivity index (χ3n) is 5.16. The van der Waals surface area contributed by atoms with Crippen LogP contribution in [0.1, 0.15) is 18.2 Å². The Labute approximate surface area is 183 Å². The van der Waals surface area contributed by atoms with Crippen molar-refractivity contribution in [3.63, 3.8) is 0 Å². The summed E-state index contributed by atoms with van der Waals surface area (Å²) in [6.45, 7) is 7.39. The molecule has 0 atom stereocenters. The molecule has 2 aromatic heterocycles. The minimum Gasteiger partial charge on any atom is -0.357 e. The Bertz CT molecular complexity index is 787. The fourth-order valence-electron chi connectivity index (χ4n) is 3.45. The monoisotopic (exact) mass is 428 g/mol. The van der Waals surface area contributed by atoms with E-state index in [1.54, 1.807) is 11.3 Å². The van der Waals surface area contributed by atoms with Crippen LogP contribution in [0.3, 0.4) is 0 Å². The Hall–Kier alpha value is -2.61. The maximum atomic E-state index is 12.6. The molecule has 1 amide bonds. The highest BCUT2D eigenvalue weighted by atomic mass is 32.1. The van der Waals surface area contributed by atoms with Crippen LogP contribution in [0.15, 0.2) is 46.9 Å². The molecule has 0 spiro atoms. The molecule has 162 valence electrons. The summed E-state index contributed by atoms with van der Waals surface area (Å²) in [4.78, 5) is 29.4.